The van der Waals surface area contributed by atoms with E-state index in [9.17, 15) is 4.79 Å². The second kappa shape index (κ2) is 6.43. The van der Waals surface area contributed by atoms with E-state index in [1.165, 1.54) is 12.8 Å². The fourth-order valence-corrected chi connectivity index (χ4v) is 3.05. The summed E-state index contributed by atoms with van der Waals surface area (Å²) < 4.78 is 2.05. The summed E-state index contributed by atoms with van der Waals surface area (Å²) in [5.41, 5.74) is 0.845. The summed E-state index contributed by atoms with van der Waals surface area (Å²) in [4.78, 5) is 20.1. The van der Waals surface area contributed by atoms with Gasteiger partial charge in [-0.3, -0.25) is 4.79 Å². The van der Waals surface area contributed by atoms with Gasteiger partial charge in [0.15, 0.2) is 0 Å². The van der Waals surface area contributed by atoms with Crippen LogP contribution in [0.15, 0.2) is 18.5 Å². The first kappa shape index (κ1) is 14.3. The number of amides is 1. The van der Waals surface area contributed by atoms with E-state index in [2.05, 4.69) is 15.3 Å². The van der Waals surface area contributed by atoms with Crippen LogP contribution in [0.2, 0.25) is 5.28 Å². The molecule has 5 nitrogen and oxygen atoms in total. The topological polar surface area (TPSA) is 59.8 Å². The number of aryl methyl sites for hydroxylation is 1. The van der Waals surface area contributed by atoms with Crippen molar-refractivity contribution < 1.29 is 4.79 Å². The van der Waals surface area contributed by atoms with E-state index in [1.807, 2.05) is 16.8 Å². The highest BCUT2D eigenvalue weighted by molar-refractivity contribution is 6.28. The smallest absolute Gasteiger partial charge is 0.224 e. The molecular weight excluding hydrogens is 288 g/mol. The standard InChI is InChI=1S/C15H19ClN4O/c16-15-18-10-12-6-9-20(13(12)19-15)8-3-7-17-14(21)11-4-1-2-5-11/h6,9-11H,1-5,7-8H2,(H,17,21). The van der Waals surface area contributed by atoms with Gasteiger partial charge in [-0.2, -0.15) is 4.98 Å². The van der Waals surface area contributed by atoms with Gasteiger partial charge >= 0.3 is 0 Å². The molecular formula is C15H19ClN4O. The number of nitrogens with one attached hydrogen (secondary N) is 1. The molecule has 2 aromatic rings. The maximum absolute atomic E-state index is 11.9. The molecule has 0 spiro atoms. The van der Waals surface area contributed by atoms with Crippen molar-refractivity contribution in [2.75, 3.05) is 6.54 Å². The summed E-state index contributed by atoms with van der Waals surface area (Å²) in [6.45, 7) is 1.51. The molecule has 1 aliphatic rings. The maximum atomic E-state index is 11.9. The zero-order chi connectivity index (χ0) is 14.7. The largest absolute Gasteiger partial charge is 0.356 e. The molecule has 0 unspecified atom stereocenters. The summed E-state index contributed by atoms with van der Waals surface area (Å²) in [6, 6.07) is 1.97. The molecule has 0 bridgehead atoms. The molecule has 0 radical (unpaired) electrons. The van der Waals surface area contributed by atoms with Crippen LogP contribution < -0.4 is 5.32 Å². The van der Waals surface area contributed by atoms with E-state index in [4.69, 9.17) is 11.6 Å². The summed E-state index contributed by atoms with van der Waals surface area (Å²) >= 11 is 5.83. The Morgan fingerprint density at radius 3 is 3.05 bits per heavy atom. The Hall–Kier alpha value is -1.62. The third-order valence-corrected chi connectivity index (χ3v) is 4.26. The Morgan fingerprint density at radius 1 is 1.43 bits per heavy atom. The normalized spacial score (nSPS) is 15.7. The van der Waals surface area contributed by atoms with E-state index in [0.29, 0.717) is 6.54 Å². The molecule has 0 saturated heterocycles. The van der Waals surface area contributed by atoms with Crippen molar-refractivity contribution in [1.29, 1.82) is 0 Å². The molecule has 3 rings (SSSR count). The number of aromatic nitrogens is 3. The number of hydrogen-bond donors (Lipinski definition) is 1. The average Bonchev–Trinajstić information content (AvgIpc) is 3.13. The van der Waals surface area contributed by atoms with Crippen LogP contribution in [0.4, 0.5) is 0 Å². The Balaban J connectivity index is 1.50. The molecule has 0 aromatic carbocycles. The van der Waals surface area contributed by atoms with E-state index in [1.54, 1.807) is 6.20 Å². The minimum Gasteiger partial charge on any atom is -0.356 e. The number of hydrogen-bond acceptors (Lipinski definition) is 3. The van der Waals surface area contributed by atoms with Gasteiger partial charge in [0.2, 0.25) is 11.2 Å². The summed E-state index contributed by atoms with van der Waals surface area (Å²) in [6.07, 6.45) is 9.05. The highest BCUT2D eigenvalue weighted by atomic mass is 35.5. The number of fused-ring (bicyclic) bond motifs is 1. The van der Waals surface area contributed by atoms with E-state index >= 15 is 0 Å². The van der Waals surface area contributed by atoms with E-state index < -0.39 is 0 Å². The second-order valence-electron chi connectivity index (χ2n) is 5.55. The van der Waals surface area contributed by atoms with Crippen molar-refractivity contribution >= 4 is 28.5 Å². The third kappa shape index (κ3) is 3.35. The van der Waals surface area contributed by atoms with Gasteiger partial charge in [0.1, 0.15) is 5.65 Å². The van der Waals surface area contributed by atoms with Crippen LogP contribution >= 0.6 is 11.6 Å². The predicted octanol–water partition coefficient (Wildman–Crippen LogP) is 2.78. The SMILES string of the molecule is O=C(NCCCn1ccc2cnc(Cl)nc21)C1CCCC1. The molecule has 1 N–H and O–H groups in total. The highest BCUT2D eigenvalue weighted by Gasteiger charge is 2.21. The predicted molar refractivity (Wildman–Crippen MR) is 82.1 cm³/mol. The van der Waals surface area contributed by atoms with E-state index in [0.717, 1.165) is 36.8 Å². The van der Waals surface area contributed by atoms with Crippen LogP contribution in [0.25, 0.3) is 11.0 Å². The maximum Gasteiger partial charge on any atom is 0.224 e. The Kier molecular flexibility index (Phi) is 4.39. The van der Waals surface area contributed by atoms with Gasteiger partial charge in [-0.15, -0.1) is 0 Å². The molecule has 112 valence electrons. The molecule has 1 amide bonds. The van der Waals surface area contributed by atoms with Gasteiger partial charge in [-0.05, 0) is 36.9 Å². The van der Waals surface area contributed by atoms with Crippen molar-refractivity contribution in [3.63, 3.8) is 0 Å². The van der Waals surface area contributed by atoms with Gasteiger partial charge in [0.05, 0.1) is 0 Å². The first-order valence-corrected chi connectivity index (χ1v) is 7.87. The monoisotopic (exact) mass is 306 g/mol. The van der Waals surface area contributed by atoms with Gasteiger partial charge < -0.3 is 9.88 Å². The Labute approximate surface area is 128 Å². The lowest BCUT2D eigenvalue weighted by Gasteiger charge is -2.10. The lowest BCUT2D eigenvalue weighted by molar-refractivity contribution is -0.124. The van der Waals surface area contributed by atoms with Crippen LogP contribution in [0.1, 0.15) is 32.1 Å². The van der Waals surface area contributed by atoms with Gasteiger partial charge in [-0.25, -0.2) is 4.98 Å². The van der Waals surface area contributed by atoms with Crippen LogP contribution in [-0.2, 0) is 11.3 Å². The van der Waals surface area contributed by atoms with E-state index in [-0.39, 0.29) is 17.1 Å². The van der Waals surface area contributed by atoms with Crippen LogP contribution in [0.3, 0.4) is 0 Å². The van der Waals surface area contributed by atoms with Gasteiger partial charge in [0, 0.05) is 36.8 Å². The highest BCUT2D eigenvalue weighted by Crippen LogP contribution is 2.24. The lowest BCUT2D eigenvalue weighted by Crippen LogP contribution is -2.30. The minimum absolute atomic E-state index is 0.218. The number of carbonyl (C=O) groups is 1. The quantitative estimate of drug-likeness (QED) is 0.682. The Bertz CT molecular complexity index is 634. The van der Waals surface area contributed by atoms with Crippen molar-refractivity contribution in [2.45, 2.75) is 38.6 Å². The third-order valence-electron chi connectivity index (χ3n) is 4.07. The fourth-order valence-electron chi connectivity index (χ4n) is 2.92. The number of carbonyl (C=O) groups excluding carboxylic acids is 1. The number of rotatable bonds is 5. The summed E-state index contributed by atoms with van der Waals surface area (Å²) in [5.74, 6) is 0.458. The average molecular weight is 307 g/mol. The van der Waals surface area contributed by atoms with Crippen LogP contribution in [0, 0.1) is 5.92 Å². The molecule has 1 aliphatic carbocycles. The molecule has 1 fully saturated rings. The number of halogens is 1. The molecule has 1 saturated carbocycles. The fraction of sp³-hybridized carbons (Fsp3) is 0.533. The van der Waals surface area contributed by atoms with Crippen molar-refractivity contribution in [2.24, 2.45) is 5.92 Å². The molecule has 0 atom stereocenters. The van der Waals surface area contributed by atoms with Crippen LogP contribution in [0.5, 0.6) is 0 Å². The lowest BCUT2D eigenvalue weighted by atomic mass is 10.1. The minimum atomic E-state index is 0.218. The van der Waals surface area contributed by atoms with Gasteiger partial charge in [0.25, 0.3) is 0 Å². The number of nitrogens with zero attached hydrogens (tertiary/aromatic N) is 3. The molecule has 2 heterocycles. The second-order valence-corrected chi connectivity index (χ2v) is 5.89. The molecule has 0 aliphatic heterocycles. The summed E-state index contributed by atoms with van der Waals surface area (Å²) in [5, 5.41) is 4.28. The first-order valence-electron chi connectivity index (χ1n) is 7.49. The van der Waals surface area contributed by atoms with Crippen molar-refractivity contribution in [3.05, 3.63) is 23.7 Å². The van der Waals surface area contributed by atoms with Crippen LogP contribution in [-0.4, -0.2) is 27.0 Å². The molecule has 21 heavy (non-hydrogen) atoms. The zero-order valence-electron chi connectivity index (χ0n) is 11.9. The molecule has 2 aromatic heterocycles. The van der Waals surface area contributed by atoms with Crippen molar-refractivity contribution in [1.82, 2.24) is 19.9 Å². The Morgan fingerprint density at radius 2 is 2.24 bits per heavy atom. The molecule has 6 heteroatoms. The summed E-state index contributed by atoms with van der Waals surface area (Å²) in [7, 11) is 0. The first-order chi connectivity index (χ1) is 10.2. The zero-order valence-corrected chi connectivity index (χ0v) is 12.6. The van der Waals surface area contributed by atoms with Gasteiger partial charge in [-0.1, -0.05) is 12.8 Å². The van der Waals surface area contributed by atoms with Crippen molar-refractivity contribution in [3.8, 4) is 0 Å².